The Morgan fingerprint density at radius 2 is 1.86 bits per heavy atom. The number of phenols is 1. The molecule has 0 unspecified atom stereocenters. The first-order valence-corrected chi connectivity index (χ1v) is 6.72. The highest BCUT2D eigenvalue weighted by atomic mass is 35.5. The minimum absolute atomic E-state index is 0. The first-order chi connectivity index (χ1) is 9.56. The van der Waals surface area contributed by atoms with E-state index in [4.69, 9.17) is 16.3 Å². The lowest BCUT2D eigenvalue weighted by molar-refractivity contribution is 0.0158. The van der Waals surface area contributed by atoms with Crippen LogP contribution in [0, 0.1) is 0 Å². The lowest BCUT2D eigenvalue weighted by atomic mass is 10.0. The number of phenolic OH excluding ortho intramolecular Hbond substituents is 1. The van der Waals surface area contributed by atoms with Gasteiger partial charge >= 0.3 is 0 Å². The molecule has 0 radical (unpaired) electrons. The highest BCUT2D eigenvalue weighted by Gasteiger charge is 2.35. The number of rotatable bonds is 4. The van der Waals surface area contributed by atoms with E-state index in [1.165, 1.54) is 19.2 Å². The second-order valence-electron chi connectivity index (χ2n) is 4.58. The summed E-state index contributed by atoms with van der Waals surface area (Å²) >= 11 is 5.85. The zero-order chi connectivity index (χ0) is 14.7. The van der Waals surface area contributed by atoms with Crippen molar-refractivity contribution in [3.05, 3.63) is 22.7 Å². The average molecular weight is 380 g/mol. The third-order valence-corrected chi connectivity index (χ3v) is 3.73. The minimum atomic E-state index is -2.65. The molecule has 1 aliphatic heterocycles. The van der Waals surface area contributed by atoms with Gasteiger partial charge in [0.2, 0.25) is 0 Å². The summed E-state index contributed by atoms with van der Waals surface area (Å²) in [4.78, 5) is 1.63. The molecule has 1 aliphatic rings. The van der Waals surface area contributed by atoms with Crippen LogP contribution in [0.5, 0.6) is 11.5 Å². The molecular formula is C13H19Cl3F2N2O2. The second-order valence-corrected chi connectivity index (χ2v) is 4.98. The van der Waals surface area contributed by atoms with Crippen LogP contribution in [0.15, 0.2) is 12.1 Å². The van der Waals surface area contributed by atoms with Crippen LogP contribution in [-0.2, 0) is 0 Å². The van der Waals surface area contributed by atoms with Gasteiger partial charge in [-0.1, -0.05) is 11.6 Å². The summed E-state index contributed by atoms with van der Waals surface area (Å²) in [5, 5.41) is 13.2. The molecule has 0 spiro atoms. The summed E-state index contributed by atoms with van der Waals surface area (Å²) < 4.78 is 32.2. The first kappa shape index (κ1) is 21.5. The van der Waals surface area contributed by atoms with Crippen LogP contribution >= 0.6 is 36.4 Å². The quantitative estimate of drug-likeness (QED) is 0.844. The smallest absolute Gasteiger partial charge is 0.258 e. The fourth-order valence-electron chi connectivity index (χ4n) is 2.45. The lowest BCUT2D eigenvalue weighted by Crippen LogP contribution is -2.47. The van der Waals surface area contributed by atoms with E-state index in [2.05, 4.69) is 5.32 Å². The van der Waals surface area contributed by atoms with E-state index >= 15 is 0 Å². The minimum Gasteiger partial charge on any atom is -0.506 e. The monoisotopic (exact) mass is 378 g/mol. The van der Waals surface area contributed by atoms with Gasteiger partial charge in [-0.15, -0.1) is 24.8 Å². The van der Waals surface area contributed by atoms with Crippen LogP contribution in [-0.4, -0.2) is 49.7 Å². The fourth-order valence-corrected chi connectivity index (χ4v) is 2.62. The zero-order valence-corrected chi connectivity index (χ0v) is 14.3. The molecule has 2 N–H and O–H groups in total. The first-order valence-electron chi connectivity index (χ1n) is 6.34. The number of nitrogens with one attached hydrogen (secondary N) is 1. The summed E-state index contributed by atoms with van der Waals surface area (Å²) in [5.74, 6) is -0.120. The molecule has 1 aromatic carbocycles. The standard InChI is InChI=1S/C13H17ClF2N2O2.2ClH/c1-20-9-3-2-8(14)12(19)10(9)11(13(15)16)18-6-4-17-5-7-18;;/h2-3,11,13,17,19H,4-7H2,1H3;2*1H/t11-;;/m1../s1. The van der Waals surface area contributed by atoms with Gasteiger partial charge in [0.1, 0.15) is 17.5 Å². The Morgan fingerprint density at radius 3 is 2.36 bits per heavy atom. The molecule has 1 saturated heterocycles. The van der Waals surface area contributed by atoms with Gasteiger partial charge in [0.15, 0.2) is 0 Å². The molecule has 0 bridgehead atoms. The van der Waals surface area contributed by atoms with Crippen LogP contribution in [0.1, 0.15) is 11.6 Å². The van der Waals surface area contributed by atoms with E-state index in [1.807, 2.05) is 0 Å². The van der Waals surface area contributed by atoms with E-state index in [1.54, 1.807) is 4.90 Å². The molecule has 0 amide bonds. The molecular weight excluding hydrogens is 361 g/mol. The van der Waals surface area contributed by atoms with Gasteiger partial charge in [0.05, 0.1) is 17.7 Å². The Morgan fingerprint density at radius 1 is 1.27 bits per heavy atom. The topological polar surface area (TPSA) is 44.7 Å². The third-order valence-electron chi connectivity index (χ3n) is 3.43. The molecule has 1 atom stereocenters. The number of alkyl halides is 2. The largest absolute Gasteiger partial charge is 0.506 e. The highest BCUT2D eigenvalue weighted by molar-refractivity contribution is 6.32. The van der Waals surface area contributed by atoms with E-state index in [0.717, 1.165) is 0 Å². The van der Waals surface area contributed by atoms with Gasteiger partial charge in [-0.05, 0) is 12.1 Å². The van der Waals surface area contributed by atoms with Crippen molar-refractivity contribution in [3.8, 4) is 11.5 Å². The summed E-state index contributed by atoms with van der Waals surface area (Å²) in [6.07, 6.45) is -2.65. The van der Waals surface area contributed by atoms with Crippen LogP contribution in [0.4, 0.5) is 8.78 Å². The van der Waals surface area contributed by atoms with Crippen molar-refractivity contribution < 1.29 is 18.6 Å². The molecule has 0 aliphatic carbocycles. The number of ether oxygens (including phenoxy) is 1. The van der Waals surface area contributed by atoms with Crippen LogP contribution in [0.3, 0.4) is 0 Å². The number of aromatic hydroxyl groups is 1. The molecule has 1 aromatic rings. The number of hydrogen-bond acceptors (Lipinski definition) is 4. The Balaban J connectivity index is 0.00000220. The van der Waals surface area contributed by atoms with Gasteiger partial charge in [0.25, 0.3) is 6.43 Å². The number of halogens is 5. The Labute approximate surface area is 145 Å². The second kappa shape index (κ2) is 9.57. The molecule has 9 heteroatoms. The van der Waals surface area contributed by atoms with Crippen molar-refractivity contribution in [1.82, 2.24) is 10.2 Å². The van der Waals surface area contributed by atoms with E-state index < -0.39 is 12.5 Å². The normalized spacial score (nSPS) is 16.6. The fraction of sp³-hybridized carbons (Fsp3) is 0.538. The van der Waals surface area contributed by atoms with Crippen LogP contribution < -0.4 is 10.1 Å². The molecule has 1 heterocycles. The maximum atomic E-state index is 13.5. The predicted octanol–water partition coefficient (Wildman–Crippen LogP) is 3.11. The van der Waals surface area contributed by atoms with Crippen LogP contribution in [0.25, 0.3) is 0 Å². The third kappa shape index (κ3) is 4.49. The maximum absolute atomic E-state index is 13.5. The summed E-state index contributed by atoms with van der Waals surface area (Å²) in [6.45, 7) is 2.22. The van der Waals surface area contributed by atoms with Crippen molar-refractivity contribution in [2.45, 2.75) is 12.5 Å². The number of hydrogen-bond donors (Lipinski definition) is 2. The van der Waals surface area contributed by atoms with Gasteiger partial charge in [-0.25, -0.2) is 8.78 Å². The van der Waals surface area contributed by atoms with Crippen molar-refractivity contribution in [2.24, 2.45) is 0 Å². The summed E-state index contributed by atoms with van der Waals surface area (Å²) in [6, 6.07) is 1.69. The van der Waals surface area contributed by atoms with Gasteiger partial charge in [-0.3, -0.25) is 4.90 Å². The summed E-state index contributed by atoms with van der Waals surface area (Å²) in [5.41, 5.74) is 0.0527. The van der Waals surface area contributed by atoms with Crippen LogP contribution in [0.2, 0.25) is 5.02 Å². The van der Waals surface area contributed by atoms with E-state index in [9.17, 15) is 13.9 Å². The molecule has 0 saturated carbocycles. The summed E-state index contributed by atoms with van der Waals surface area (Å²) in [7, 11) is 1.38. The van der Waals surface area contributed by atoms with Crippen molar-refractivity contribution in [2.75, 3.05) is 33.3 Å². The Bertz CT molecular complexity index is 475. The van der Waals surface area contributed by atoms with E-state index in [0.29, 0.717) is 26.2 Å². The lowest BCUT2D eigenvalue weighted by Gasteiger charge is -2.35. The maximum Gasteiger partial charge on any atom is 0.258 e. The Hall–Kier alpha value is -0.530. The van der Waals surface area contributed by atoms with Crippen molar-refractivity contribution in [3.63, 3.8) is 0 Å². The predicted molar refractivity (Wildman–Crippen MR) is 87.4 cm³/mol. The Kier molecular flexibility index (Phi) is 9.34. The molecule has 0 aromatic heterocycles. The molecule has 128 valence electrons. The molecule has 4 nitrogen and oxygen atoms in total. The highest BCUT2D eigenvalue weighted by Crippen LogP contribution is 2.43. The van der Waals surface area contributed by atoms with Crippen molar-refractivity contribution >= 4 is 36.4 Å². The molecule has 2 rings (SSSR count). The zero-order valence-electron chi connectivity index (χ0n) is 11.9. The molecule has 22 heavy (non-hydrogen) atoms. The number of benzene rings is 1. The molecule has 1 fully saturated rings. The average Bonchev–Trinajstić information content (AvgIpc) is 2.45. The SMILES string of the molecule is COc1ccc(Cl)c(O)c1[C@H](C(F)F)N1CCNCC1.Cl.Cl. The van der Waals surface area contributed by atoms with Gasteiger partial charge in [0, 0.05) is 26.2 Å². The van der Waals surface area contributed by atoms with Gasteiger partial charge in [-0.2, -0.15) is 0 Å². The van der Waals surface area contributed by atoms with E-state index in [-0.39, 0.29) is 46.9 Å². The number of nitrogens with zero attached hydrogens (tertiary/aromatic N) is 1. The number of piperazine rings is 1. The number of methoxy groups -OCH3 is 1. The van der Waals surface area contributed by atoms with Gasteiger partial charge < -0.3 is 15.2 Å². The van der Waals surface area contributed by atoms with Crippen molar-refractivity contribution in [1.29, 1.82) is 0 Å².